The predicted octanol–water partition coefficient (Wildman–Crippen LogP) is 4.54. The number of hydrogen-bond acceptors (Lipinski definition) is 3. The van der Waals surface area contributed by atoms with Gasteiger partial charge in [-0.15, -0.1) is 0 Å². The summed E-state index contributed by atoms with van der Waals surface area (Å²) in [5, 5.41) is 7.15. The number of amides is 1. The van der Waals surface area contributed by atoms with E-state index in [2.05, 4.69) is 36.4 Å². The molecule has 146 valence electrons. The third-order valence-electron chi connectivity index (χ3n) is 4.61. The number of nitrogens with one attached hydrogen (secondary N) is 1. The molecule has 0 aliphatic rings. The molecule has 3 aromatic rings. The van der Waals surface area contributed by atoms with Gasteiger partial charge in [-0.25, -0.2) is 0 Å². The summed E-state index contributed by atoms with van der Waals surface area (Å²) in [7, 11) is 0. The minimum atomic E-state index is -0.104. The number of carbonyl (C=O) groups is 1. The quantitative estimate of drug-likeness (QED) is 0.627. The number of aromatic nitrogens is 2. The van der Waals surface area contributed by atoms with Gasteiger partial charge in [0, 0.05) is 30.4 Å². The molecule has 0 aliphatic carbocycles. The molecule has 0 unspecified atom stereocenters. The highest BCUT2D eigenvalue weighted by molar-refractivity contribution is 5.94. The van der Waals surface area contributed by atoms with Crippen LogP contribution >= 0.6 is 0 Å². The molecule has 1 heterocycles. The highest BCUT2D eigenvalue weighted by Gasteiger charge is 2.08. The van der Waals surface area contributed by atoms with Crippen molar-refractivity contribution in [1.82, 2.24) is 15.1 Å². The van der Waals surface area contributed by atoms with Crippen LogP contribution in [0.5, 0.6) is 5.75 Å². The molecular weight excluding hydrogens is 350 g/mol. The summed E-state index contributed by atoms with van der Waals surface area (Å²) in [5.41, 5.74) is 3.86. The predicted molar refractivity (Wildman–Crippen MR) is 110 cm³/mol. The van der Waals surface area contributed by atoms with Crippen molar-refractivity contribution < 1.29 is 9.53 Å². The smallest absolute Gasteiger partial charge is 0.251 e. The highest BCUT2D eigenvalue weighted by Crippen LogP contribution is 2.19. The zero-order valence-corrected chi connectivity index (χ0v) is 16.7. The molecule has 0 spiro atoms. The number of aryl methyl sites for hydroxylation is 1. The molecule has 0 fully saturated rings. The van der Waals surface area contributed by atoms with E-state index in [0.29, 0.717) is 24.6 Å². The summed E-state index contributed by atoms with van der Waals surface area (Å²) in [6, 6.07) is 15.7. The van der Waals surface area contributed by atoms with Crippen LogP contribution in [0.15, 0.2) is 60.9 Å². The number of rotatable bonds is 8. The van der Waals surface area contributed by atoms with Gasteiger partial charge in [0.1, 0.15) is 12.4 Å². The summed E-state index contributed by atoms with van der Waals surface area (Å²) in [6.07, 6.45) is 3.72. The summed E-state index contributed by atoms with van der Waals surface area (Å²) < 4.78 is 7.70. The minimum Gasteiger partial charge on any atom is -0.489 e. The highest BCUT2D eigenvalue weighted by atomic mass is 16.5. The standard InChI is InChI=1S/C23H27N3O2/c1-4-26-15-19(14-25-26)13-24-23(27)21-7-5-6-18(12-21)16-28-22-10-8-20(9-11-22)17(2)3/h5-12,14-15,17H,4,13,16H2,1-3H3,(H,24,27). The lowest BCUT2D eigenvalue weighted by molar-refractivity contribution is 0.0950. The first kappa shape index (κ1) is 19.7. The Morgan fingerprint density at radius 1 is 1.14 bits per heavy atom. The van der Waals surface area contributed by atoms with Crippen LogP contribution in [0.3, 0.4) is 0 Å². The van der Waals surface area contributed by atoms with Crippen molar-refractivity contribution in [2.45, 2.75) is 46.4 Å². The molecule has 5 heteroatoms. The Hall–Kier alpha value is -3.08. The monoisotopic (exact) mass is 377 g/mol. The third kappa shape index (κ3) is 5.22. The maximum absolute atomic E-state index is 12.4. The zero-order valence-electron chi connectivity index (χ0n) is 16.7. The van der Waals surface area contributed by atoms with Crippen molar-refractivity contribution in [1.29, 1.82) is 0 Å². The Morgan fingerprint density at radius 2 is 1.93 bits per heavy atom. The van der Waals surface area contributed by atoms with Crippen molar-refractivity contribution in [3.05, 3.63) is 83.2 Å². The molecule has 3 rings (SSSR count). The van der Waals surface area contributed by atoms with Gasteiger partial charge in [-0.2, -0.15) is 5.10 Å². The maximum Gasteiger partial charge on any atom is 0.251 e. The molecular formula is C23H27N3O2. The summed E-state index contributed by atoms with van der Waals surface area (Å²) >= 11 is 0. The van der Waals surface area contributed by atoms with E-state index in [9.17, 15) is 4.79 Å². The second-order valence-electron chi connectivity index (χ2n) is 7.10. The van der Waals surface area contributed by atoms with Crippen LogP contribution in [0.4, 0.5) is 0 Å². The van der Waals surface area contributed by atoms with Crippen molar-refractivity contribution in [2.24, 2.45) is 0 Å². The normalized spacial score (nSPS) is 10.9. The minimum absolute atomic E-state index is 0.104. The lowest BCUT2D eigenvalue weighted by Crippen LogP contribution is -2.22. The van der Waals surface area contributed by atoms with Crippen LogP contribution in [0.1, 0.15) is 53.7 Å². The summed E-state index contributed by atoms with van der Waals surface area (Å²) in [4.78, 5) is 12.4. The first-order valence-electron chi connectivity index (χ1n) is 9.66. The molecule has 2 aromatic carbocycles. The number of benzene rings is 2. The molecule has 1 N–H and O–H groups in total. The molecule has 0 saturated heterocycles. The van der Waals surface area contributed by atoms with E-state index in [4.69, 9.17) is 4.74 Å². The lowest BCUT2D eigenvalue weighted by Gasteiger charge is -2.10. The van der Waals surface area contributed by atoms with Gasteiger partial charge in [0.15, 0.2) is 0 Å². The van der Waals surface area contributed by atoms with Crippen LogP contribution in [-0.4, -0.2) is 15.7 Å². The fraction of sp³-hybridized carbons (Fsp3) is 0.304. The average Bonchev–Trinajstić information content (AvgIpc) is 3.19. The number of hydrogen-bond donors (Lipinski definition) is 1. The van der Waals surface area contributed by atoms with Gasteiger partial charge < -0.3 is 10.1 Å². The van der Waals surface area contributed by atoms with E-state index in [-0.39, 0.29) is 5.91 Å². The summed E-state index contributed by atoms with van der Waals surface area (Å²) in [6.45, 7) is 8.06. The Labute approximate surface area is 166 Å². The summed E-state index contributed by atoms with van der Waals surface area (Å²) in [5.74, 6) is 1.22. The molecule has 0 radical (unpaired) electrons. The van der Waals surface area contributed by atoms with E-state index in [0.717, 1.165) is 23.4 Å². The molecule has 28 heavy (non-hydrogen) atoms. The van der Waals surface area contributed by atoms with Gasteiger partial charge in [0.05, 0.1) is 6.20 Å². The fourth-order valence-electron chi connectivity index (χ4n) is 2.87. The van der Waals surface area contributed by atoms with Crippen molar-refractivity contribution in [3.63, 3.8) is 0 Å². The van der Waals surface area contributed by atoms with Crippen LogP contribution < -0.4 is 10.1 Å². The van der Waals surface area contributed by atoms with Crippen LogP contribution in [0.2, 0.25) is 0 Å². The number of nitrogens with zero attached hydrogens (tertiary/aromatic N) is 2. The first-order valence-corrected chi connectivity index (χ1v) is 9.66. The first-order chi connectivity index (χ1) is 13.5. The number of carbonyl (C=O) groups excluding carboxylic acids is 1. The van der Waals surface area contributed by atoms with E-state index in [1.807, 2.05) is 54.2 Å². The molecule has 0 saturated carbocycles. The third-order valence-corrected chi connectivity index (χ3v) is 4.61. The zero-order chi connectivity index (χ0) is 19.9. The molecule has 0 atom stereocenters. The maximum atomic E-state index is 12.4. The van der Waals surface area contributed by atoms with Gasteiger partial charge in [-0.1, -0.05) is 38.1 Å². The Kier molecular flexibility index (Phi) is 6.48. The van der Waals surface area contributed by atoms with Crippen molar-refractivity contribution >= 4 is 5.91 Å². The van der Waals surface area contributed by atoms with Crippen LogP contribution in [-0.2, 0) is 19.7 Å². The fourth-order valence-corrected chi connectivity index (χ4v) is 2.87. The second-order valence-corrected chi connectivity index (χ2v) is 7.10. The number of ether oxygens (including phenoxy) is 1. The van der Waals surface area contributed by atoms with E-state index in [1.54, 1.807) is 6.20 Å². The van der Waals surface area contributed by atoms with E-state index >= 15 is 0 Å². The molecule has 1 aromatic heterocycles. The van der Waals surface area contributed by atoms with Crippen LogP contribution in [0, 0.1) is 0 Å². The van der Waals surface area contributed by atoms with Gasteiger partial charge in [-0.05, 0) is 48.2 Å². The average molecular weight is 377 g/mol. The molecule has 5 nitrogen and oxygen atoms in total. The Bertz CT molecular complexity index is 914. The van der Waals surface area contributed by atoms with Crippen molar-refractivity contribution in [3.8, 4) is 5.75 Å². The Balaban J connectivity index is 1.56. The van der Waals surface area contributed by atoms with E-state index in [1.165, 1.54) is 5.56 Å². The lowest BCUT2D eigenvalue weighted by atomic mass is 10.0. The Morgan fingerprint density at radius 3 is 2.61 bits per heavy atom. The second kappa shape index (κ2) is 9.22. The van der Waals surface area contributed by atoms with Gasteiger partial charge in [0.2, 0.25) is 0 Å². The molecule has 1 amide bonds. The molecule has 0 aliphatic heterocycles. The van der Waals surface area contributed by atoms with Gasteiger partial charge in [-0.3, -0.25) is 9.48 Å². The molecule has 0 bridgehead atoms. The van der Waals surface area contributed by atoms with Crippen LogP contribution in [0.25, 0.3) is 0 Å². The SMILES string of the molecule is CCn1cc(CNC(=O)c2cccc(COc3ccc(C(C)C)cc3)c2)cn1. The van der Waals surface area contributed by atoms with E-state index < -0.39 is 0 Å². The topological polar surface area (TPSA) is 56.2 Å². The van der Waals surface area contributed by atoms with Gasteiger partial charge in [0.25, 0.3) is 5.91 Å². The van der Waals surface area contributed by atoms with Crippen molar-refractivity contribution in [2.75, 3.05) is 0 Å². The van der Waals surface area contributed by atoms with Gasteiger partial charge >= 0.3 is 0 Å². The largest absolute Gasteiger partial charge is 0.489 e.